The molecule has 0 aliphatic carbocycles. The average Bonchev–Trinajstić information content (AvgIpc) is 3.59. The second kappa shape index (κ2) is 10.1. The van der Waals surface area contributed by atoms with E-state index in [1.807, 2.05) is 50.2 Å². The molecule has 7 heteroatoms. The number of rotatable bonds is 10. The summed E-state index contributed by atoms with van der Waals surface area (Å²) in [6.45, 7) is 5.19. The fourth-order valence-corrected chi connectivity index (χ4v) is 3.53. The lowest BCUT2D eigenvalue weighted by Crippen LogP contribution is -2.53. The van der Waals surface area contributed by atoms with Gasteiger partial charge in [0.1, 0.15) is 6.04 Å². The molecule has 170 valence electrons. The lowest BCUT2D eigenvalue weighted by atomic mass is 9.92. The van der Waals surface area contributed by atoms with Crippen molar-refractivity contribution in [1.82, 2.24) is 10.6 Å². The molecule has 2 unspecified atom stereocenters. The minimum absolute atomic E-state index is 0.143. The first-order valence-electron chi connectivity index (χ1n) is 10.8. The molecule has 32 heavy (non-hydrogen) atoms. The standard InChI is InChI=1S/C25H30N2O5/c1-16(2)12-21(22(29)25(14-28)15-32-25)27-23(30)17(3)26-24(31)20-11-7-10-19(13-20)18-8-5-4-6-9-18/h4-11,13,16-17,21,28H,12,14-15H2,1-3H3,(H,26,31)(H,27,30)/t17-,21?,25?/m0/s1. The van der Waals surface area contributed by atoms with Gasteiger partial charge in [0.05, 0.1) is 19.3 Å². The van der Waals surface area contributed by atoms with Gasteiger partial charge in [-0.15, -0.1) is 0 Å². The average molecular weight is 439 g/mol. The molecule has 0 bridgehead atoms. The quantitative estimate of drug-likeness (QED) is 0.494. The topological polar surface area (TPSA) is 108 Å². The Balaban J connectivity index is 1.65. The third kappa shape index (κ3) is 5.60. The number of epoxide rings is 1. The SMILES string of the molecule is CC(C)CC(NC(=O)[C@H](C)NC(=O)c1cccc(-c2ccccc2)c1)C(=O)C1(CO)CO1. The molecule has 1 aliphatic rings. The molecule has 2 amide bonds. The van der Waals surface area contributed by atoms with E-state index in [9.17, 15) is 19.5 Å². The Kier molecular flexibility index (Phi) is 7.43. The number of ether oxygens (including phenoxy) is 1. The van der Waals surface area contributed by atoms with Gasteiger partial charge in [0.15, 0.2) is 11.4 Å². The van der Waals surface area contributed by atoms with Crippen LogP contribution in [0.1, 0.15) is 37.6 Å². The Morgan fingerprint density at radius 2 is 1.66 bits per heavy atom. The second-order valence-corrected chi connectivity index (χ2v) is 8.64. The first kappa shape index (κ1) is 23.6. The molecule has 3 rings (SSSR count). The van der Waals surface area contributed by atoms with E-state index in [0.29, 0.717) is 12.0 Å². The maximum Gasteiger partial charge on any atom is 0.251 e. The lowest BCUT2D eigenvalue weighted by Gasteiger charge is -2.24. The van der Waals surface area contributed by atoms with Gasteiger partial charge in [0.2, 0.25) is 5.91 Å². The van der Waals surface area contributed by atoms with Crippen LogP contribution in [0, 0.1) is 5.92 Å². The zero-order valence-corrected chi connectivity index (χ0v) is 18.6. The highest BCUT2D eigenvalue weighted by molar-refractivity contribution is 6.00. The van der Waals surface area contributed by atoms with Crippen molar-refractivity contribution < 1.29 is 24.2 Å². The minimum atomic E-state index is -1.21. The summed E-state index contributed by atoms with van der Waals surface area (Å²) in [5, 5.41) is 14.9. The van der Waals surface area contributed by atoms with Crippen LogP contribution >= 0.6 is 0 Å². The largest absolute Gasteiger partial charge is 0.393 e. The van der Waals surface area contributed by atoms with Crippen LogP contribution in [0.3, 0.4) is 0 Å². The molecule has 0 aromatic heterocycles. The fraction of sp³-hybridized carbons (Fsp3) is 0.400. The molecule has 2 aromatic carbocycles. The first-order chi connectivity index (χ1) is 15.3. The molecule has 1 heterocycles. The number of carbonyl (C=O) groups is 3. The molecule has 1 saturated heterocycles. The van der Waals surface area contributed by atoms with E-state index in [1.165, 1.54) is 0 Å². The Morgan fingerprint density at radius 3 is 2.25 bits per heavy atom. The molecular formula is C25H30N2O5. The predicted octanol–water partition coefficient (Wildman–Crippen LogP) is 2.33. The van der Waals surface area contributed by atoms with Crippen LogP contribution in [-0.4, -0.2) is 53.6 Å². The number of aliphatic hydroxyl groups is 1. The Hall–Kier alpha value is -3.03. The number of benzene rings is 2. The van der Waals surface area contributed by atoms with Crippen molar-refractivity contribution >= 4 is 17.6 Å². The lowest BCUT2D eigenvalue weighted by molar-refractivity contribution is -0.132. The van der Waals surface area contributed by atoms with Crippen LogP contribution in [0.25, 0.3) is 11.1 Å². The van der Waals surface area contributed by atoms with E-state index in [4.69, 9.17) is 4.74 Å². The van der Waals surface area contributed by atoms with E-state index < -0.39 is 30.2 Å². The zero-order chi connectivity index (χ0) is 23.3. The van der Waals surface area contributed by atoms with Crippen molar-refractivity contribution in [3.05, 3.63) is 60.2 Å². The third-order valence-electron chi connectivity index (χ3n) is 5.51. The number of hydrogen-bond acceptors (Lipinski definition) is 5. The molecular weight excluding hydrogens is 408 g/mol. The van der Waals surface area contributed by atoms with Crippen molar-refractivity contribution in [3.8, 4) is 11.1 Å². The van der Waals surface area contributed by atoms with Gasteiger partial charge in [-0.05, 0) is 42.5 Å². The molecule has 3 atom stereocenters. The summed E-state index contributed by atoms with van der Waals surface area (Å²) < 4.78 is 5.16. The Bertz CT molecular complexity index is 969. The summed E-state index contributed by atoms with van der Waals surface area (Å²) in [5.74, 6) is -1.04. The number of hydrogen-bond donors (Lipinski definition) is 3. The first-order valence-corrected chi connectivity index (χ1v) is 10.8. The van der Waals surface area contributed by atoms with Gasteiger partial charge in [-0.1, -0.05) is 56.3 Å². The van der Waals surface area contributed by atoms with Crippen molar-refractivity contribution in [3.63, 3.8) is 0 Å². The van der Waals surface area contributed by atoms with Crippen LogP contribution in [0.15, 0.2) is 54.6 Å². The molecule has 1 aliphatic heterocycles. The summed E-state index contributed by atoms with van der Waals surface area (Å²) in [4.78, 5) is 38.3. The predicted molar refractivity (Wildman–Crippen MR) is 121 cm³/mol. The summed E-state index contributed by atoms with van der Waals surface area (Å²) in [6, 6.07) is 15.2. The van der Waals surface area contributed by atoms with E-state index in [-0.39, 0.29) is 24.2 Å². The molecule has 2 aromatic rings. The van der Waals surface area contributed by atoms with Gasteiger partial charge < -0.3 is 20.5 Å². The summed E-state index contributed by atoms with van der Waals surface area (Å²) >= 11 is 0. The molecule has 1 fully saturated rings. The molecule has 0 radical (unpaired) electrons. The van der Waals surface area contributed by atoms with Crippen LogP contribution < -0.4 is 10.6 Å². The van der Waals surface area contributed by atoms with Gasteiger partial charge in [-0.2, -0.15) is 0 Å². The van der Waals surface area contributed by atoms with Gasteiger partial charge in [-0.25, -0.2) is 0 Å². The summed E-state index contributed by atoms with van der Waals surface area (Å²) in [6.07, 6.45) is 0.412. The van der Waals surface area contributed by atoms with Crippen molar-refractivity contribution in [2.24, 2.45) is 5.92 Å². The summed E-state index contributed by atoms with van der Waals surface area (Å²) in [7, 11) is 0. The number of ketones is 1. The molecule has 0 spiro atoms. The van der Waals surface area contributed by atoms with Crippen LogP contribution in [-0.2, 0) is 14.3 Å². The van der Waals surface area contributed by atoms with E-state index >= 15 is 0 Å². The Labute approximate surface area is 188 Å². The number of aliphatic hydroxyl groups excluding tert-OH is 1. The minimum Gasteiger partial charge on any atom is -0.393 e. The van der Waals surface area contributed by atoms with Crippen molar-refractivity contribution in [2.75, 3.05) is 13.2 Å². The second-order valence-electron chi connectivity index (χ2n) is 8.64. The molecule has 7 nitrogen and oxygen atoms in total. The number of Topliss-reactive ketones (excluding diaryl/α,β-unsaturated/α-hetero) is 1. The summed E-state index contributed by atoms with van der Waals surface area (Å²) in [5.41, 5.74) is 1.11. The van der Waals surface area contributed by atoms with Gasteiger partial charge in [0, 0.05) is 5.56 Å². The molecule has 3 N–H and O–H groups in total. The van der Waals surface area contributed by atoms with Crippen molar-refractivity contribution in [1.29, 1.82) is 0 Å². The van der Waals surface area contributed by atoms with Gasteiger partial charge in [-0.3, -0.25) is 14.4 Å². The van der Waals surface area contributed by atoms with Crippen LogP contribution in [0.2, 0.25) is 0 Å². The van der Waals surface area contributed by atoms with E-state index in [1.54, 1.807) is 25.1 Å². The molecule has 0 saturated carbocycles. The van der Waals surface area contributed by atoms with Crippen molar-refractivity contribution in [2.45, 2.75) is 44.9 Å². The highest BCUT2D eigenvalue weighted by atomic mass is 16.6. The van der Waals surface area contributed by atoms with Crippen LogP contribution in [0.4, 0.5) is 0 Å². The number of amides is 2. The van der Waals surface area contributed by atoms with E-state index in [2.05, 4.69) is 10.6 Å². The zero-order valence-electron chi connectivity index (χ0n) is 18.6. The number of carbonyl (C=O) groups excluding carboxylic acids is 3. The van der Waals surface area contributed by atoms with Crippen LogP contribution in [0.5, 0.6) is 0 Å². The third-order valence-corrected chi connectivity index (χ3v) is 5.51. The fourth-order valence-electron chi connectivity index (χ4n) is 3.53. The maximum absolute atomic E-state index is 12.8. The maximum atomic E-state index is 12.8. The van der Waals surface area contributed by atoms with Gasteiger partial charge >= 0.3 is 0 Å². The Morgan fingerprint density at radius 1 is 1.00 bits per heavy atom. The highest BCUT2D eigenvalue weighted by Crippen LogP contribution is 2.30. The highest BCUT2D eigenvalue weighted by Gasteiger charge is 2.54. The normalized spacial score (nSPS) is 19.2. The van der Waals surface area contributed by atoms with Gasteiger partial charge in [0.25, 0.3) is 5.91 Å². The van der Waals surface area contributed by atoms with E-state index in [0.717, 1.165) is 11.1 Å². The monoisotopic (exact) mass is 438 g/mol. The number of nitrogens with one attached hydrogen (secondary N) is 2. The smallest absolute Gasteiger partial charge is 0.251 e.